The minimum atomic E-state index is -3.12. The van der Waals surface area contributed by atoms with Crippen LogP contribution in [0.15, 0.2) is 36.0 Å². The van der Waals surface area contributed by atoms with Crippen LogP contribution in [0.4, 0.5) is 5.69 Å². The highest BCUT2D eigenvalue weighted by atomic mass is 32.2. The Balaban J connectivity index is 0. The molecule has 0 fully saturated rings. The van der Waals surface area contributed by atoms with Crippen LogP contribution in [0.3, 0.4) is 0 Å². The summed E-state index contributed by atoms with van der Waals surface area (Å²) in [6.45, 7) is 20.9. The van der Waals surface area contributed by atoms with E-state index in [-0.39, 0.29) is 0 Å². The molecule has 0 unspecified atom stereocenters. The fourth-order valence-corrected chi connectivity index (χ4v) is 4.82. The summed E-state index contributed by atoms with van der Waals surface area (Å²) >= 11 is 1.65. The van der Waals surface area contributed by atoms with Gasteiger partial charge in [0, 0.05) is 36.4 Å². The van der Waals surface area contributed by atoms with Crippen molar-refractivity contribution in [2.75, 3.05) is 17.1 Å². The Bertz CT molecular complexity index is 1020. The second kappa shape index (κ2) is 19.9. The van der Waals surface area contributed by atoms with Crippen LogP contribution in [-0.4, -0.2) is 36.0 Å². The molecule has 0 aliphatic carbocycles. The van der Waals surface area contributed by atoms with Crippen LogP contribution >= 0.6 is 11.3 Å². The average Bonchev–Trinajstić information content (AvgIpc) is 3.51. The summed E-state index contributed by atoms with van der Waals surface area (Å²) in [4.78, 5) is 4.36. The highest BCUT2D eigenvalue weighted by Gasteiger charge is 2.23. The van der Waals surface area contributed by atoms with E-state index in [0.29, 0.717) is 6.54 Å². The molecule has 3 aromatic rings. The van der Waals surface area contributed by atoms with Crippen molar-refractivity contribution in [2.45, 2.75) is 88.5 Å². The Morgan fingerprint density at radius 3 is 2.06 bits per heavy atom. The molecule has 1 aromatic carbocycles. The molecule has 1 aliphatic rings. The van der Waals surface area contributed by atoms with E-state index in [1.54, 1.807) is 16.0 Å². The summed E-state index contributed by atoms with van der Waals surface area (Å²) in [5.74, 6) is 0. The predicted octanol–water partition coefficient (Wildman–Crippen LogP) is 8.05. The lowest BCUT2D eigenvalue weighted by Crippen LogP contribution is -2.34. The second-order valence-corrected chi connectivity index (χ2v) is 10.2. The molecule has 0 amide bonds. The van der Waals surface area contributed by atoms with Crippen LogP contribution in [0, 0.1) is 13.8 Å². The molecule has 0 spiro atoms. The standard InChI is InChI=1S/C11H15NO2S.C8H9N3S.C3H8.3C2H6/c1-9-5-6-11-10(8-9)4-3-7-12(11)15(2,13)14;1-6-5-12-8(10-6)7-3-9-11(2)4-7;1-3-2;3*1-2/h5-6,8H,3-4,7H2,1-2H3;3-5H,1-2H3;3H2,1-2H3;3*1-2H3. The first-order valence-corrected chi connectivity index (χ1v) is 15.9. The number of fused-ring (bicyclic) bond motifs is 1. The fraction of sp³-hybridized carbons (Fsp3) is 0.571. The number of aromatic nitrogens is 3. The van der Waals surface area contributed by atoms with Crippen LogP contribution in [-0.2, 0) is 23.5 Å². The lowest BCUT2D eigenvalue weighted by molar-refractivity contribution is 0.592. The summed E-state index contributed by atoms with van der Waals surface area (Å²) < 4.78 is 26.4. The molecule has 36 heavy (non-hydrogen) atoms. The predicted molar refractivity (Wildman–Crippen MR) is 161 cm³/mol. The number of rotatable bonds is 2. The molecule has 2 aromatic heterocycles. The smallest absolute Gasteiger partial charge is 0.232 e. The van der Waals surface area contributed by atoms with Crippen molar-refractivity contribution >= 4 is 27.0 Å². The van der Waals surface area contributed by atoms with Crippen molar-refractivity contribution in [3.05, 3.63) is 52.8 Å². The van der Waals surface area contributed by atoms with Gasteiger partial charge in [0.2, 0.25) is 10.0 Å². The molecule has 0 saturated heterocycles. The Kier molecular flexibility index (Phi) is 19.9. The van der Waals surface area contributed by atoms with Crippen molar-refractivity contribution in [1.82, 2.24) is 14.8 Å². The third-order valence-electron chi connectivity index (χ3n) is 4.28. The van der Waals surface area contributed by atoms with Crippen LogP contribution < -0.4 is 4.31 Å². The zero-order valence-corrected chi connectivity index (χ0v) is 26.3. The molecule has 0 N–H and O–H groups in total. The van der Waals surface area contributed by atoms with Gasteiger partial charge in [0.15, 0.2) is 0 Å². The van der Waals surface area contributed by atoms with E-state index in [4.69, 9.17) is 0 Å². The molecule has 1 aliphatic heterocycles. The maximum atomic E-state index is 11.6. The third kappa shape index (κ3) is 12.7. The zero-order valence-electron chi connectivity index (χ0n) is 24.7. The molecule has 6 nitrogen and oxygen atoms in total. The van der Waals surface area contributed by atoms with Crippen LogP contribution in [0.1, 0.15) is 85.1 Å². The first-order chi connectivity index (χ1) is 17.2. The minimum absolute atomic E-state index is 0.606. The Morgan fingerprint density at radius 2 is 1.61 bits per heavy atom. The van der Waals surface area contributed by atoms with E-state index in [9.17, 15) is 8.42 Å². The van der Waals surface area contributed by atoms with Gasteiger partial charge in [-0.3, -0.25) is 8.99 Å². The van der Waals surface area contributed by atoms with Gasteiger partial charge in [0.05, 0.1) is 18.1 Å². The maximum absolute atomic E-state index is 11.6. The summed E-state index contributed by atoms with van der Waals surface area (Å²) in [6.07, 6.45) is 8.20. The van der Waals surface area contributed by atoms with Gasteiger partial charge < -0.3 is 0 Å². The Labute approximate surface area is 225 Å². The first kappa shape index (κ1) is 36.0. The van der Waals surface area contributed by atoms with Crippen LogP contribution in [0.25, 0.3) is 10.6 Å². The van der Waals surface area contributed by atoms with Crippen molar-refractivity contribution < 1.29 is 8.42 Å². The quantitative estimate of drug-likeness (QED) is 0.331. The third-order valence-corrected chi connectivity index (χ3v) is 6.47. The number of hydrogen-bond acceptors (Lipinski definition) is 5. The topological polar surface area (TPSA) is 68.1 Å². The lowest BCUT2D eigenvalue weighted by atomic mass is 10.0. The maximum Gasteiger partial charge on any atom is 0.232 e. The zero-order chi connectivity index (χ0) is 28.3. The number of benzene rings is 1. The molecule has 0 saturated carbocycles. The Hall–Kier alpha value is -2.19. The van der Waals surface area contributed by atoms with Gasteiger partial charge >= 0.3 is 0 Å². The Morgan fingerprint density at radius 1 is 1.03 bits per heavy atom. The molecule has 206 valence electrons. The van der Waals surface area contributed by atoms with Crippen molar-refractivity contribution in [3.63, 3.8) is 0 Å². The van der Waals surface area contributed by atoms with Gasteiger partial charge in [-0.15, -0.1) is 11.3 Å². The van der Waals surface area contributed by atoms with Gasteiger partial charge in [-0.2, -0.15) is 5.10 Å². The van der Waals surface area contributed by atoms with Crippen molar-refractivity contribution in [3.8, 4) is 10.6 Å². The number of hydrogen-bond donors (Lipinski definition) is 0. The second-order valence-electron chi connectivity index (χ2n) is 7.47. The molecule has 0 bridgehead atoms. The molecular weight excluding hydrogens is 488 g/mol. The number of aryl methyl sites for hydroxylation is 4. The van der Waals surface area contributed by atoms with Crippen LogP contribution in [0.2, 0.25) is 0 Å². The molecule has 4 rings (SSSR count). The highest BCUT2D eigenvalue weighted by molar-refractivity contribution is 7.92. The molecular formula is C28H50N4O2S2. The van der Waals surface area contributed by atoms with E-state index in [1.807, 2.05) is 92.3 Å². The number of anilines is 1. The van der Waals surface area contributed by atoms with E-state index >= 15 is 0 Å². The summed E-state index contributed by atoms with van der Waals surface area (Å²) in [5, 5.41) is 7.17. The average molecular weight is 539 g/mol. The van der Waals surface area contributed by atoms with Crippen molar-refractivity contribution in [1.29, 1.82) is 0 Å². The van der Waals surface area contributed by atoms with Crippen molar-refractivity contribution in [2.24, 2.45) is 7.05 Å². The van der Waals surface area contributed by atoms with E-state index in [2.05, 4.69) is 30.0 Å². The monoisotopic (exact) mass is 538 g/mol. The van der Waals surface area contributed by atoms with E-state index in [0.717, 1.165) is 40.4 Å². The molecule has 0 atom stereocenters. The van der Waals surface area contributed by atoms with Gasteiger partial charge in [-0.25, -0.2) is 13.4 Å². The summed E-state index contributed by atoms with van der Waals surface area (Å²) in [5.41, 5.74) is 5.35. The van der Waals surface area contributed by atoms with E-state index in [1.165, 1.54) is 22.5 Å². The van der Waals surface area contributed by atoms with Gasteiger partial charge in [0.25, 0.3) is 0 Å². The van der Waals surface area contributed by atoms with Gasteiger partial charge in [-0.05, 0) is 38.3 Å². The fourth-order valence-electron chi connectivity index (χ4n) is 3.05. The number of thiazole rings is 1. The summed E-state index contributed by atoms with van der Waals surface area (Å²) in [6, 6.07) is 5.94. The molecule has 3 heterocycles. The van der Waals surface area contributed by atoms with Crippen LogP contribution in [0.5, 0.6) is 0 Å². The first-order valence-electron chi connectivity index (χ1n) is 13.1. The largest absolute Gasteiger partial charge is 0.275 e. The summed E-state index contributed by atoms with van der Waals surface area (Å²) in [7, 11) is -1.21. The molecule has 0 radical (unpaired) electrons. The highest BCUT2D eigenvalue weighted by Crippen LogP contribution is 2.29. The number of sulfonamides is 1. The van der Waals surface area contributed by atoms with E-state index < -0.39 is 10.0 Å². The minimum Gasteiger partial charge on any atom is -0.275 e. The SMILES string of the molecule is CC.CC.CC.CCC.Cc1ccc2c(c1)CCCN2S(C)(=O)=O.Cc1csc(-c2cnn(C)c2)n1. The normalized spacial score (nSPS) is 11.3. The van der Waals surface area contributed by atoms with Gasteiger partial charge in [0.1, 0.15) is 5.01 Å². The van der Waals surface area contributed by atoms with Gasteiger partial charge in [-0.1, -0.05) is 79.5 Å². The lowest BCUT2D eigenvalue weighted by Gasteiger charge is -2.29. The number of nitrogens with zero attached hydrogens (tertiary/aromatic N) is 4. The molecule has 8 heteroatoms.